The Morgan fingerprint density at radius 2 is 2.12 bits per heavy atom. The number of rotatable bonds is 6. The van der Waals surface area contributed by atoms with Gasteiger partial charge in [0, 0.05) is 6.04 Å². The highest BCUT2D eigenvalue weighted by Crippen LogP contribution is 2.25. The Balaban J connectivity index is 0.00000208. The molecule has 0 aliphatic carbocycles. The molecule has 2 heterocycles. The van der Waals surface area contributed by atoms with Gasteiger partial charge in [0.05, 0.1) is 16.8 Å². The van der Waals surface area contributed by atoms with E-state index in [1.165, 1.54) is 11.3 Å². The summed E-state index contributed by atoms with van der Waals surface area (Å²) < 4.78 is 1.10. The van der Waals surface area contributed by atoms with Crippen molar-refractivity contribution >= 4 is 45.0 Å². The monoisotopic (exact) mass is 368 g/mol. The first kappa shape index (κ1) is 19.1. The second-order valence-electron chi connectivity index (χ2n) is 5.99. The van der Waals surface area contributed by atoms with Crippen LogP contribution in [-0.2, 0) is 4.79 Å². The Morgan fingerprint density at radius 1 is 1.38 bits per heavy atom. The van der Waals surface area contributed by atoms with Gasteiger partial charge >= 0.3 is 0 Å². The Morgan fingerprint density at radius 3 is 2.83 bits per heavy atom. The second-order valence-corrected chi connectivity index (χ2v) is 7.02. The third-order valence-electron chi connectivity index (χ3n) is 4.22. The molecule has 1 aliphatic heterocycles. The van der Waals surface area contributed by atoms with Gasteiger partial charge in [0.25, 0.3) is 0 Å². The predicted molar refractivity (Wildman–Crippen MR) is 103 cm³/mol. The first-order valence-corrected chi connectivity index (χ1v) is 9.18. The minimum Gasteiger partial charge on any atom is -0.317 e. The fraction of sp³-hybridized carbons (Fsp3) is 0.529. The molecule has 1 aromatic carbocycles. The Kier molecular flexibility index (Phi) is 7.42. The van der Waals surface area contributed by atoms with Gasteiger partial charge in [-0.3, -0.25) is 9.69 Å². The van der Waals surface area contributed by atoms with Crippen LogP contribution in [0.5, 0.6) is 0 Å². The van der Waals surface area contributed by atoms with E-state index in [1.807, 2.05) is 24.3 Å². The summed E-state index contributed by atoms with van der Waals surface area (Å²) in [6, 6.07) is 8.47. The molecule has 132 valence electrons. The number of carbonyl (C=O) groups is 1. The Labute approximate surface area is 153 Å². The molecule has 24 heavy (non-hydrogen) atoms. The number of anilines is 1. The topological polar surface area (TPSA) is 57.3 Å². The van der Waals surface area contributed by atoms with E-state index < -0.39 is 0 Å². The highest BCUT2D eigenvalue weighted by molar-refractivity contribution is 7.22. The van der Waals surface area contributed by atoms with Gasteiger partial charge in [-0.2, -0.15) is 0 Å². The number of aromatic nitrogens is 1. The molecule has 0 atom stereocenters. The summed E-state index contributed by atoms with van der Waals surface area (Å²) >= 11 is 1.53. The van der Waals surface area contributed by atoms with Crippen LogP contribution in [0.4, 0.5) is 5.13 Å². The zero-order chi connectivity index (χ0) is 16.1. The number of hydrogen-bond acceptors (Lipinski definition) is 5. The molecule has 0 unspecified atom stereocenters. The Hall–Kier alpha value is -1.21. The molecule has 7 heteroatoms. The van der Waals surface area contributed by atoms with Crippen molar-refractivity contribution in [3.05, 3.63) is 24.3 Å². The van der Waals surface area contributed by atoms with E-state index in [4.69, 9.17) is 0 Å². The van der Waals surface area contributed by atoms with Crippen LogP contribution in [0, 0.1) is 0 Å². The summed E-state index contributed by atoms with van der Waals surface area (Å²) in [5.74, 6) is 0.0380. The van der Waals surface area contributed by atoms with Gasteiger partial charge < -0.3 is 10.6 Å². The summed E-state index contributed by atoms with van der Waals surface area (Å²) in [6.07, 6.45) is 3.31. The SMILES string of the molecule is CCCN(CC(=O)Nc1nc2ccccc2s1)C1CCNCC1.Cl. The van der Waals surface area contributed by atoms with Crippen molar-refractivity contribution in [3.63, 3.8) is 0 Å². The van der Waals surface area contributed by atoms with Gasteiger partial charge in [-0.05, 0) is 51.0 Å². The maximum Gasteiger partial charge on any atom is 0.240 e. The molecule has 0 radical (unpaired) electrons. The van der Waals surface area contributed by atoms with Crippen LogP contribution in [0.15, 0.2) is 24.3 Å². The maximum absolute atomic E-state index is 12.4. The number of fused-ring (bicyclic) bond motifs is 1. The molecule has 0 saturated carbocycles. The number of nitrogens with one attached hydrogen (secondary N) is 2. The van der Waals surface area contributed by atoms with Crippen LogP contribution in [0.2, 0.25) is 0 Å². The molecule has 2 aromatic rings. The lowest BCUT2D eigenvalue weighted by Crippen LogP contribution is -2.46. The van der Waals surface area contributed by atoms with Gasteiger partial charge in [-0.15, -0.1) is 12.4 Å². The van der Waals surface area contributed by atoms with Crippen LogP contribution in [0.3, 0.4) is 0 Å². The number of benzene rings is 1. The molecule has 3 rings (SSSR count). The molecule has 1 aliphatic rings. The number of hydrogen-bond donors (Lipinski definition) is 2. The van der Waals surface area contributed by atoms with Crippen molar-refractivity contribution in [1.82, 2.24) is 15.2 Å². The van der Waals surface area contributed by atoms with E-state index in [1.54, 1.807) is 0 Å². The predicted octanol–water partition coefficient (Wildman–Crippen LogP) is 3.12. The first-order chi connectivity index (χ1) is 11.3. The van der Waals surface area contributed by atoms with Crippen LogP contribution >= 0.6 is 23.7 Å². The third-order valence-corrected chi connectivity index (χ3v) is 5.17. The highest BCUT2D eigenvalue weighted by atomic mass is 35.5. The van der Waals surface area contributed by atoms with E-state index in [-0.39, 0.29) is 18.3 Å². The maximum atomic E-state index is 12.4. The number of carbonyl (C=O) groups excluding carboxylic acids is 1. The summed E-state index contributed by atoms with van der Waals surface area (Å²) in [5.41, 5.74) is 0.941. The van der Waals surface area contributed by atoms with E-state index in [0.717, 1.165) is 49.1 Å². The lowest BCUT2D eigenvalue weighted by atomic mass is 10.0. The lowest BCUT2D eigenvalue weighted by Gasteiger charge is -2.33. The van der Waals surface area contributed by atoms with E-state index in [2.05, 4.69) is 27.4 Å². The number of piperidine rings is 1. The molecule has 0 bridgehead atoms. The van der Waals surface area contributed by atoms with Crippen LogP contribution in [-0.4, -0.2) is 48.0 Å². The molecule has 2 N–H and O–H groups in total. The van der Waals surface area contributed by atoms with Crippen LogP contribution in [0.1, 0.15) is 26.2 Å². The van der Waals surface area contributed by atoms with Gasteiger partial charge in [0.2, 0.25) is 5.91 Å². The molecule has 1 saturated heterocycles. The average molecular weight is 369 g/mol. The minimum atomic E-state index is 0. The van der Waals surface area contributed by atoms with Crippen molar-refractivity contribution in [2.24, 2.45) is 0 Å². The number of halogens is 1. The van der Waals surface area contributed by atoms with Crippen molar-refractivity contribution < 1.29 is 4.79 Å². The summed E-state index contributed by atoms with van der Waals surface area (Å²) in [5, 5.41) is 7.05. The fourth-order valence-corrected chi connectivity index (χ4v) is 4.00. The van der Waals surface area contributed by atoms with E-state index in [9.17, 15) is 4.79 Å². The van der Waals surface area contributed by atoms with Gasteiger partial charge in [0.1, 0.15) is 0 Å². The van der Waals surface area contributed by atoms with Crippen LogP contribution < -0.4 is 10.6 Å². The smallest absolute Gasteiger partial charge is 0.240 e. The van der Waals surface area contributed by atoms with E-state index >= 15 is 0 Å². The highest BCUT2D eigenvalue weighted by Gasteiger charge is 2.22. The quantitative estimate of drug-likeness (QED) is 0.822. The normalized spacial score (nSPS) is 15.4. The molecular formula is C17H25ClN4OS. The molecule has 1 aromatic heterocycles. The van der Waals surface area contributed by atoms with Crippen molar-refractivity contribution in [1.29, 1.82) is 0 Å². The number of thiazole rings is 1. The number of para-hydroxylation sites is 1. The summed E-state index contributed by atoms with van der Waals surface area (Å²) in [6.45, 7) is 5.68. The molecule has 1 fully saturated rings. The fourth-order valence-electron chi connectivity index (χ4n) is 3.12. The summed E-state index contributed by atoms with van der Waals surface area (Å²) in [7, 11) is 0. The minimum absolute atomic E-state index is 0. The van der Waals surface area contributed by atoms with Gasteiger partial charge in [-0.25, -0.2) is 4.98 Å². The Bertz CT molecular complexity index is 624. The van der Waals surface area contributed by atoms with Crippen molar-refractivity contribution in [2.75, 3.05) is 31.5 Å². The van der Waals surface area contributed by atoms with Crippen molar-refractivity contribution in [2.45, 2.75) is 32.2 Å². The zero-order valence-corrected chi connectivity index (χ0v) is 15.6. The molecule has 0 spiro atoms. The van der Waals surface area contributed by atoms with Crippen molar-refractivity contribution in [3.8, 4) is 0 Å². The second kappa shape index (κ2) is 9.32. The molecule has 5 nitrogen and oxygen atoms in total. The summed E-state index contributed by atoms with van der Waals surface area (Å²) in [4.78, 5) is 19.2. The molecular weight excluding hydrogens is 344 g/mol. The number of nitrogens with zero attached hydrogens (tertiary/aromatic N) is 2. The number of amides is 1. The average Bonchev–Trinajstić information content (AvgIpc) is 2.97. The van der Waals surface area contributed by atoms with Gasteiger partial charge in [-0.1, -0.05) is 30.4 Å². The first-order valence-electron chi connectivity index (χ1n) is 8.36. The molecule has 1 amide bonds. The standard InChI is InChI=1S/C17H24N4OS.ClH/c1-2-11-21(13-7-9-18-10-8-13)12-16(22)20-17-19-14-5-3-4-6-15(14)23-17;/h3-6,13,18H,2,7-12H2,1H3,(H,19,20,22);1H. The van der Waals surface area contributed by atoms with E-state index in [0.29, 0.717) is 17.7 Å². The zero-order valence-electron chi connectivity index (χ0n) is 14.0. The third kappa shape index (κ3) is 4.89. The van der Waals surface area contributed by atoms with Crippen LogP contribution in [0.25, 0.3) is 10.2 Å². The largest absolute Gasteiger partial charge is 0.317 e. The van der Waals surface area contributed by atoms with Gasteiger partial charge in [0.15, 0.2) is 5.13 Å². The lowest BCUT2D eigenvalue weighted by molar-refractivity contribution is -0.118.